The van der Waals surface area contributed by atoms with E-state index >= 15 is 0 Å². The van der Waals surface area contributed by atoms with Gasteiger partial charge in [-0.2, -0.15) is 0 Å². The molecule has 0 aliphatic rings. The summed E-state index contributed by atoms with van der Waals surface area (Å²) in [7, 11) is 0. The summed E-state index contributed by atoms with van der Waals surface area (Å²) in [6.45, 7) is 7.98. The topological polar surface area (TPSA) is 47.6 Å². The molecule has 25 heavy (non-hydrogen) atoms. The number of ether oxygens (including phenoxy) is 2. The Balaban J connectivity index is 1.83. The SMILES string of the molecule is Cc1cc(Oc2ccc(CCNC(=O)OC(C)(C)C)cc2)ccc1Cl. The molecule has 0 heterocycles. The number of hydrogen-bond donors (Lipinski definition) is 1. The van der Waals surface area contributed by atoms with Gasteiger partial charge in [0.05, 0.1) is 0 Å². The number of aryl methyl sites for hydroxylation is 1. The van der Waals surface area contributed by atoms with E-state index in [1.807, 2.05) is 70.2 Å². The van der Waals surface area contributed by atoms with Crippen LogP contribution >= 0.6 is 11.6 Å². The van der Waals surface area contributed by atoms with Crippen LogP contribution in [0.1, 0.15) is 31.9 Å². The van der Waals surface area contributed by atoms with E-state index in [1.54, 1.807) is 0 Å². The van der Waals surface area contributed by atoms with E-state index in [4.69, 9.17) is 21.1 Å². The number of nitrogens with one attached hydrogen (secondary N) is 1. The molecule has 0 aromatic heterocycles. The van der Waals surface area contributed by atoms with Crippen LogP contribution in [0.15, 0.2) is 42.5 Å². The van der Waals surface area contributed by atoms with E-state index in [-0.39, 0.29) is 0 Å². The van der Waals surface area contributed by atoms with E-state index in [9.17, 15) is 4.79 Å². The molecular formula is C20H24ClNO3. The van der Waals surface area contributed by atoms with Crippen molar-refractivity contribution < 1.29 is 14.3 Å². The third kappa shape index (κ3) is 6.67. The van der Waals surface area contributed by atoms with Crippen LogP contribution < -0.4 is 10.1 Å². The number of carbonyl (C=O) groups excluding carboxylic acids is 1. The molecule has 0 aliphatic heterocycles. The summed E-state index contributed by atoms with van der Waals surface area (Å²) in [6, 6.07) is 13.3. The van der Waals surface area contributed by atoms with Gasteiger partial charge in [-0.05, 0) is 75.6 Å². The first-order valence-corrected chi connectivity index (χ1v) is 8.60. The summed E-state index contributed by atoms with van der Waals surface area (Å²) in [6.07, 6.45) is 0.324. The lowest BCUT2D eigenvalue weighted by atomic mass is 10.1. The predicted molar refractivity (Wildman–Crippen MR) is 101 cm³/mol. The van der Waals surface area contributed by atoms with Crippen molar-refractivity contribution in [1.82, 2.24) is 5.32 Å². The summed E-state index contributed by atoms with van der Waals surface area (Å²) in [4.78, 5) is 11.6. The number of rotatable bonds is 5. The van der Waals surface area contributed by atoms with Crippen LogP contribution in [0.4, 0.5) is 4.79 Å². The van der Waals surface area contributed by atoms with Gasteiger partial charge in [0.1, 0.15) is 17.1 Å². The summed E-state index contributed by atoms with van der Waals surface area (Å²) in [5.74, 6) is 1.51. The van der Waals surface area contributed by atoms with Gasteiger partial charge in [0.15, 0.2) is 0 Å². The van der Waals surface area contributed by atoms with Gasteiger partial charge in [-0.15, -0.1) is 0 Å². The van der Waals surface area contributed by atoms with Crippen LogP contribution in [0.5, 0.6) is 11.5 Å². The molecule has 1 N–H and O–H groups in total. The maximum Gasteiger partial charge on any atom is 0.407 e. The van der Waals surface area contributed by atoms with E-state index in [1.165, 1.54) is 0 Å². The van der Waals surface area contributed by atoms with E-state index < -0.39 is 11.7 Å². The third-order valence-corrected chi connectivity index (χ3v) is 3.79. The zero-order chi connectivity index (χ0) is 18.4. The Labute approximate surface area is 154 Å². The van der Waals surface area contributed by atoms with Gasteiger partial charge in [0.2, 0.25) is 0 Å². The van der Waals surface area contributed by atoms with Crippen LogP contribution in [0.2, 0.25) is 5.02 Å². The average Bonchev–Trinajstić information content (AvgIpc) is 2.51. The first kappa shape index (κ1) is 19.1. The fourth-order valence-corrected chi connectivity index (χ4v) is 2.28. The molecule has 0 fully saturated rings. The maximum atomic E-state index is 11.6. The van der Waals surface area contributed by atoms with Crippen LogP contribution in [-0.2, 0) is 11.2 Å². The minimum absolute atomic E-state index is 0.398. The molecule has 0 radical (unpaired) electrons. The summed E-state index contributed by atoms with van der Waals surface area (Å²) < 4.78 is 11.0. The highest BCUT2D eigenvalue weighted by atomic mass is 35.5. The Morgan fingerprint density at radius 1 is 1.08 bits per heavy atom. The highest BCUT2D eigenvalue weighted by Crippen LogP contribution is 2.26. The zero-order valence-electron chi connectivity index (χ0n) is 15.1. The van der Waals surface area contributed by atoms with E-state index in [0.29, 0.717) is 6.54 Å². The maximum absolute atomic E-state index is 11.6. The number of hydrogen-bond acceptors (Lipinski definition) is 3. The molecule has 2 rings (SSSR count). The second kappa shape index (κ2) is 8.26. The lowest BCUT2D eigenvalue weighted by Gasteiger charge is -2.19. The van der Waals surface area contributed by atoms with Crippen LogP contribution in [0.25, 0.3) is 0 Å². The normalized spacial score (nSPS) is 11.1. The van der Waals surface area contributed by atoms with Crippen molar-refractivity contribution in [2.24, 2.45) is 0 Å². The number of halogens is 1. The highest BCUT2D eigenvalue weighted by molar-refractivity contribution is 6.31. The fourth-order valence-electron chi connectivity index (χ4n) is 2.16. The van der Waals surface area contributed by atoms with Gasteiger partial charge >= 0.3 is 6.09 Å². The van der Waals surface area contributed by atoms with Crippen molar-refractivity contribution in [3.8, 4) is 11.5 Å². The largest absolute Gasteiger partial charge is 0.457 e. The predicted octanol–water partition coefficient (Wildman–Crippen LogP) is 5.51. The van der Waals surface area contributed by atoms with Crippen LogP contribution in [0.3, 0.4) is 0 Å². The molecular weight excluding hydrogens is 338 g/mol. The van der Waals surface area contributed by atoms with E-state index in [2.05, 4.69) is 5.32 Å². The molecule has 0 saturated heterocycles. The fraction of sp³-hybridized carbons (Fsp3) is 0.350. The quantitative estimate of drug-likeness (QED) is 0.764. The molecule has 0 atom stereocenters. The van der Waals surface area contributed by atoms with Gasteiger partial charge in [0, 0.05) is 11.6 Å². The average molecular weight is 362 g/mol. The van der Waals surface area contributed by atoms with Crippen LogP contribution in [0, 0.1) is 6.92 Å². The zero-order valence-corrected chi connectivity index (χ0v) is 15.8. The Morgan fingerprint density at radius 3 is 2.32 bits per heavy atom. The summed E-state index contributed by atoms with van der Waals surface area (Å²) >= 11 is 6.02. The Morgan fingerprint density at radius 2 is 1.72 bits per heavy atom. The minimum atomic E-state index is -0.483. The van der Waals surface area contributed by atoms with Gasteiger partial charge < -0.3 is 14.8 Å². The van der Waals surface area contributed by atoms with Crippen molar-refractivity contribution in [3.05, 3.63) is 58.6 Å². The van der Waals surface area contributed by atoms with Crippen molar-refractivity contribution >= 4 is 17.7 Å². The number of amides is 1. The molecule has 0 aliphatic carbocycles. The van der Waals surface area contributed by atoms with E-state index in [0.717, 1.165) is 34.1 Å². The van der Waals surface area contributed by atoms with Crippen molar-refractivity contribution in [3.63, 3.8) is 0 Å². The minimum Gasteiger partial charge on any atom is -0.457 e. The van der Waals surface area contributed by atoms with Gasteiger partial charge in [-0.25, -0.2) is 4.79 Å². The van der Waals surface area contributed by atoms with Gasteiger partial charge in [-0.1, -0.05) is 23.7 Å². The van der Waals surface area contributed by atoms with Crippen LogP contribution in [-0.4, -0.2) is 18.2 Å². The lowest BCUT2D eigenvalue weighted by molar-refractivity contribution is 0.0528. The second-order valence-corrected chi connectivity index (χ2v) is 7.24. The first-order valence-electron chi connectivity index (χ1n) is 8.23. The Hall–Kier alpha value is -2.20. The Bertz CT molecular complexity index is 721. The van der Waals surface area contributed by atoms with Crippen molar-refractivity contribution in [2.45, 2.75) is 39.7 Å². The van der Waals surface area contributed by atoms with Crippen molar-refractivity contribution in [2.75, 3.05) is 6.54 Å². The summed E-state index contributed by atoms with van der Waals surface area (Å²) in [5.41, 5.74) is 1.60. The molecule has 4 nitrogen and oxygen atoms in total. The third-order valence-electron chi connectivity index (χ3n) is 3.37. The monoisotopic (exact) mass is 361 g/mol. The number of alkyl carbamates (subject to hydrolysis) is 1. The van der Waals surface area contributed by atoms with Crippen molar-refractivity contribution in [1.29, 1.82) is 0 Å². The smallest absolute Gasteiger partial charge is 0.407 e. The molecule has 0 saturated carbocycles. The number of carbonyl (C=O) groups is 1. The number of benzene rings is 2. The highest BCUT2D eigenvalue weighted by Gasteiger charge is 2.15. The summed E-state index contributed by atoms with van der Waals surface area (Å²) in [5, 5.41) is 3.47. The lowest BCUT2D eigenvalue weighted by Crippen LogP contribution is -2.33. The van der Waals surface area contributed by atoms with Gasteiger partial charge in [0.25, 0.3) is 0 Å². The molecule has 0 spiro atoms. The molecule has 0 unspecified atom stereocenters. The molecule has 134 valence electrons. The van der Waals surface area contributed by atoms with Gasteiger partial charge in [-0.3, -0.25) is 0 Å². The molecule has 0 bridgehead atoms. The molecule has 2 aromatic rings. The first-order chi connectivity index (χ1) is 11.7. The molecule has 5 heteroatoms. The second-order valence-electron chi connectivity index (χ2n) is 6.84. The molecule has 1 amide bonds. The Kier molecular flexibility index (Phi) is 6.32. The standard InChI is InChI=1S/C20H24ClNO3/c1-14-13-17(9-10-18(14)21)24-16-7-5-15(6-8-16)11-12-22-19(23)25-20(2,3)4/h5-10,13H,11-12H2,1-4H3,(H,22,23). The molecule has 2 aromatic carbocycles.